The molecule has 1 aromatic carbocycles. The summed E-state index contributed by atoms with van der Waals surface area (Å²) in [5, 5.41) is 6.66. The Kier molecular flexibility index (Phi) is 4.22. The molecule has 0 unspecified atom stereocenters. The van der Waals surface area contributed by atoms with Gasteiger partial charge in [-0.3, -0.25) is 4.79 Å². The number of hydrogen-bond acceptors (Lipinski definition) is 4. The number of hydrogen-bond donors (Lipinski definition) is 1. The molecule has 0 atom stereocenters. The highest BCUT2D eigenvalue weighted by molar-refractivity contribution is 5.94. The maximum atomic E-state index is 13.1. The van der Waals surface area contributed by atoms with Gasteiger partial charge in [0.1, 0.15) is 6.33 Å². The summed E-state index contributed by atoms with van der Waals surface area (Å²) in [5.41, 5.74) is 1.06. The second-order valence-electron chi connectivity index (χ2n) is 4.96. The number of halogens is 2. The van der Waals surface area contributed by atoms with Crippen LogP contribution >= 0.6 is 0 Å². The van der Waals surface area contributed by atoms with Crippen LogP contribution in [0, 0.1) is 11.6 Å². The lowest BCUT2D eigenvalue weighted by Gasteiger charge is -2.06. The molecule has 1 amide bonds. The van der Waals surface area contributed by atoms with Crippen molar-refractivity contribution in [3.05, 3.63) is 59.7 Å². The Labute approximate surface area is 130 Å². The topological polar surface area (TPSA) is 72.2 Å². The summed E-state index contributed by atoms with van der Waals surface area (Å²) in [5.74, 6) is -1.92. The normalized spacial score (nSPS) is 10.9. The van der Waals surface area contributed by atoms with E-state index in [1.807, 2.05) is 6.20 Å². The molecule has 2 heterocycles. The molecule has 118 valence electrons. The predicted molar refractivity (Wildman–Crippen MR) is 77.8 cm³/mol. The number of benzene rings is 1. The number of carbonyl (C=O) groups is 1. The van der Waals surface area contributed by atoms with Crippen LogP contribution in [0.1, 0.15) is 22.3 Å². The minimum Gasteiger partial charge on any atom is -0.352 e. The van der Waals surface area contributed by atoms with Crippen molar-refractivity contribution in [2.24, 2.45) is 0 Å². The van der Waals surface area contributed by atoms with Crippen LogP contribution in [0.4, 0.5) is 8.78 Å². The SMILES string of the molecule is O=C(NCCCc1cnc2ncnn2c1)c1ccc(F)c(F)c1. The van der Waals surface area contributed by atoms with Gasteiger partial charge < -0.3 is 5.32 Å². The number of aromatic nitrogens is 4. The van der Waals surface area contributed by atoms with Crippen LogP contribution in [-0.4, -0.2) is 32.0 Å². The van der Waals surface area contributed by atoms with E-state index in [1.54, 1.807) is 10.7 Å². The molecule has 2 aromatic heterocycles. The fraction of sp³-hybridized carbons (Fsp3) is 0.200. The Morgan fingerprint density at radius 2 is 2.09 bits per heavy atom. The maximum absolute atomic E-state index is 13.1. The standard InChI is InChI=1S/C15H13F2N5O/c16-12-4-3-11(6-13(12)17)14(23)18-5-1-2-10-7-19-15-20-9-21-22(15)8-10/h3-4,6-9H,1-2,5H2,(H,18,23). The average Bonchev–Trinajstić information content (AvgIpc) is 3.01. The van der Waals surface area contributed by atoms with Crippen molar-refractivity contribution in [2.75, 3.05) is 6.54 Å². The molecule has 8 heteroatoms. The number of fused-ring (bicyclic) bond motifs is 1. The van der Waals surface area contributed by atoms with E-state index in [4.69, 9.17) is 0 Å². The van der Waals surface area contributed by atoms with Gasteiger partial charge in [0.15, 0.2) is 11.6 Å². The first-order chi connectivity index (χ1) is 11.1. The summed E-state index contributed by atoms with van der Waals surface area (Å²) in [6, 6.07) is 3.06. The van der Waals surface area contributed by atoms with E-state index in [0.29, 0.717) is 25.2 Å². The molecule has 6 nitrogen and oxygen atoms in total. The van der Waals surface area contributed by atoms with E-state index in [1.165, 1.54) is 12.4 Å². The number of nitrogens with one attached hydrogen (secondary N) is 1. The lowest BCUT2D eigenvalue weighted by molar-refractivity contribution is 0.0952. The van der Waals surface area contributed by atoms with Crippen LogP contribution in [0.3, 0.4) is 0 Å². The number of nitrogens with zero attached hydrogens (tertiary/aromatic N) is 4. The van der Waals surface area contributed by atoms with E-state index < -0.39 is 17.5 Å². The Hall–Kier alpha value is -2.90. The van der Waals surface area contributed by atoms with Crippen molar-refractivity contribution in [2.45, 2.75) is 12.8 Å². The average molecular weight is 317 g/mol. The largest absolute Gasteiger partial charge is 0.352 e. The highest BCUT2D eigenvalue weighted by atomic mass is 19.2. The summed E-state index contributed by atoms with van der Waals surface area (Å²) in [6.07, 6.45) is 6.33. The Morgan fingerprint density at radius 1 is 1.22 bits per heavy atom. The van der Waals surface area contributed by atoms with Gasteiger partial charge in [0, 0.05) is 24.5 Å². The lowest BCUT2D eigenvalue weighted by Crippen LogP contribution is -2.25. The van der Waals surface area contributed by atoms with E-state index in [-0.39, 0.29) is 5.56 Å². The lowest BCUT2D eigenvalue weighted by atomic mass is 10.1. The van der Waals surface area contributed by atoms with Gasteiger partial charge in [-0.05, 0) is 36.6 Å². The Bertz CT molecular complexity index is 849. The zero-order chi connectivity index (χ0) is 16.2. The van der Waals surface area contributed by atoms with Crippen LogP contribution in [0.5, 0.6) is 0 Å². The molecular weight excluding hydrogens is 304 g/mol. The highest BCUT2D eigenvalue weighted by Gasteiger charge is 2.09. The fourth-order valence-electron chi connectivity index (χ4n) is 2.12. The fourth-order valence-corrected chi connectivity index (χ4v) is 2.12. The Morgan fingerprint density at radius 3 is 2.91 bits per heavy atom. The second kappa shape index (κ2) is 6.47. The molecule has 1 N–H and O–H groups in total. The number of carbonyl (C=O) groups excluding carboxylic acids is 1. The van der Waals surface area contributed by atoms with Gasteiger partial charge in [-0.2, -0.15) is 10.1 Å². The van der Waals surface area contributed by atoms with Crippen molar-refractivity contribution in [3.63, 3.8) is 0 Å². The quantitative estimate of drug-likeness (QED) is 0.728. The predicted octanol–water partition coefficient (Wildman–Crippen LogP) is 1.77. The first-order valence-electron chi connectivity index (χ1n) is 7.01. The van der Waals surface area contributed by atoms with Crippen LogP contribution in [0.25, 0.3) is 5.78 Å². The van der Waals surface area contributed by atoms with Crippen LogP contribution in [0.15, 0.2) is 36.9 Å². The molecule has 3 rings (SSSR count). The molecule has 0 radical (unpaired) electrons. The number of amides is 1. The minimum absolute atomic E-state index is 0.0922. The van der Waals surface area contributed by atoms with Gasteiger partial charge >= 0.3 is 0 Å². The first kappa shape index (κ1) is 15.0. The van der Waals surface area contributed by atoms with Crippen molar-refractivity contribution in [1.82, 2.24) is 24.9 Å². The third kappa shape index (κ3) is 3.47. The minimum atomic E-state index is -1.04. The first-order valence-corrected chi connectivity index (χ1v) is 7.01. The third-order valence-electron chi connectivity index (χ3n) is 3.30. The summed E-state index contributed by atoms with van der Waals surface area (Å²) in [7, 11) is 0. The monoisotopic (exact) mass is 317 g/mol. The summed E-state index contributed by atoms with van der Waals surface area (Å²) in [4.78, 5) is 19.9. The number of rotatable bonds is 5. The van der Waals surface area contributed by atoms with E-state index >= 15 is 0 Å². The zero-order valence-electron chi connectivity index (χ0n) is 12.0. The van der Waals surface area contributed by atoms with Crippen LogP contribution < -0.4 is 5.32 Å². The molecular formula is C15H13F2N5O. The number of aryl methyl sites for hydroxylation is 1. The summed E-state index contributed by atoms with van der Waals surface area (Å²) < 4.78 is 27.5. The third-order valence-corrected chi connectivity index (χ3v) is 3.30. The van der Waals surface area contributed by atoms with Gasteiger partial charge in [-0.15, -0.1) is 0 Å². The van der Waals surface area contributed by atoms with Crippen LogP contribution in [-0.2, 0) is 6.42 Å². The van der Waals surface area contributed by atoms with Crippen molar-refractivity contribution >= 4 is 11.7 Å². The van der Waals surface area contributed by atoms with Crippen molar-refractivity contribution in [1.29, 1.82) is 0 Å². The maximum Gasteiger partial charge on any atom is 0.252 e. The molecule has 3 aromatic rings. The summed E-state index contributed by atoms with van der Waals surface area (Å²) >= 11 is 0. The van der Waals surface area contributed by atoms with Crippen LogP contribution in [0.2, 0.25) is 0 Å². The van der Waals surface area contributed by atoms with Gasteiger partial charge in [-0.1, -0.05) is 0 Å². The molecule has 0 saturated heterocycles. The van der Waals surface area contributed by atoms with Gasteiger partial charge in [0.2, 0.25) is 0 Å². The van der Waals surface area contributed by atoms with Gasteiger partial charge in [0.25, 0.3) is 11.7 Å². The van der Waals surface area contributed by atoms with E-state index in [0.717, 1.165) is 17.7 Å². The second-order valence-corrected chi connectivity index (χ2v) is 4.96. The molecule has 0 bridgehead atoms. The molecule has 0 spiro atoms. The van der Waals surface area contributed by atoms with Crippen molar-refractivity contribution in [3.8, 4) is 0 Å². The molecule has 0 fully saturated rings. The Balaban J connectivity index is 1.50. The zero-order valence-corrected chi connectivity index (χ0v) is 12.0. The van der Waals surface area contributed by atoms with E-state index in [2.05, 4.69) is 20.4 Å². The molecule has 0 aliphatic heterocycles. The molecule has 0 saturated carbocycles. The smallest absolute Gasteiger partial charge is 0.252 e. The summed E-state index contributed by atoms with van der Waals surface area (Å²) in [6.45, 7) is 0.410. The molecule has 0 aliphatic carbocycles. The van der Waals surface area contributed by atoms with E-state index in [9.17, 15) is 13.6 Å². The highest BCUT2D eigenvalue weighted by Crippen LogP contribution is 2.08. The molecule has 23 heavy (non-hydrogen) atoms. The van der Waals surface area contributed by atoms with Crippen molar-refractivity contribution < 1.29 is 13.6 Å². The van der Waals surface area contributed by atoms with Gasteiger partial charge in [0.05, 0.1) is 0 Å². The molecule has 0 aliphatic rings. The van der Waals surface area contributed by atoms with Gasteiger partial charge in [-0.25, -0.2) is 18.3 Å².